The minimum atomic E-state index is -1.19. The fraction of sp³-hybridized carbons (Fsp3) is 0.571. The van der Waals surface area contributed by atoms with Crippen molar-refractivity contribution in [2.75, 3.05) is 13.2 Å². The molecule has 0 unspecified atom stereocenters. The van der Waals surface area contributed by atoms with Crippen molar-refractivity contribution in [3.8, 4) is 0 Å². The molecule has 4 bridgehead atoms. The number of fused-ring (bicyclic) bond motifs is 3. The summed E-state index contributed by atoms with van der Waals surface area (Å²) in [4.78, 5) is 54.3. The summed E-state index contributed by atoms with van der Waals surface area (Å²) >= 11 is 0. The lowest BCUT2D eigenvalue weighted by molar-refractivity contribution is -0.150. The van der Waals surface area contributed by atoms with Crippen molar-refractivity contribution in [1.29, 1.82) is 0 Å². The quantitative estimate of drug-likeness (QED) is 0.569. The lowest BCUT2D eigenvalue weighted by Gasteiger charge is -2.34. The largest absolute Gasteiger partial charge is 0.480 e. The second kappa shape index (κ2) is 10.3. The average molecular weight is 528 g/mol. The molecule has 3 amide bonds. The summed E-state index contributed by atoms with van der Waals surface area (Å²) in [5.41, 5.74) is 1.96. The van der Waals surface area contributed by atoms with Crippen LogP contribution < -0.4 is 5.32 Å². The van der Waals surface area contributed by atoms with E-state index in [-0.39, 0.29) is 25.0 Å². The smallest absolute Gasteiger partial charge is 0.410 e. The molecule has 1 aromatic rings. The van der Waals surface area contributed by atoms with Crippen LogP contribution in [0.3, 0.4) is 0 Å². The molecule has 10 nitrogen and oxygen atoms in total. The number of carbonyl (C=O) groups is 4. The number of rotatable bonds is 1. The van der Waals surface area contributed by atoms with E-state index in [2.05, 4.69) is 5.32 Å². The van der Waals surface area contributed by atoms with Crippen LogP contribution in [0.2, 0.25) is 0 Å². The van der Waals surface area contributed by atoms with E-state index >= 15 is 0 Å². The van der Waals surface area contributed by atoms with Crippen LogP contribution in [-0.4, -0.2) is 70.3 Å². The molecule has 0 aliphatic carbocycles. The minimum Gasteiger partial charge on any atom is -0.480 e. The monoisotopic (exact) mass is 527 g/mol. The predicted octanol–water partition coefficient (Wildman–Crippen LogP) is 3.78. The third-order valence-electron chi connectivity index (χ3n) is 7.31. The van der Waals surface area contributed by atoms with Gasteiger partial charge in [0.1, 0.15) is 18.2 Å². The number of carboxylic acids is 1. The highest BCUT2D eigenvalue weighted by molar-refractivity contribution is 5.90. The number of carboxylic acid groups (broad SMARTS) is 1. The van der Waals surface area contributed by atoms with Crippen molar-refractivity contribution in [3.63, 3.8) is 0 Å². The number of nitrogens with zero attached hydrogens (tertiary/aromatic N) is 2. The molecule has 10 heteroatoms. The Hall–Kier alpha value is -3.56. The van der Waals surface area contributed by atoms with Crippen molar-refractivity contribution in [2.45, 2.75) is 78.7 Å². The number of cyclic esters (lactones) is 1. The van der Waals surface area contributed by atoms with Crippen molar-refractivity contribution >= 4 is 30.1 Å². The SMILES string of the molecule is CC1(C)CC=Cc2cccc3c2CN(C3)C(=O)O[C@@H]2C[C@@H](C(=O)O)N(C2)C(=O)[C@H](C(C)(C)C)NC(=O)OC1. The van der Waals surface area contributed by atoms with E-state index < -0.39 is 47.7 Å². The zero-order valence-corrected chi connectivity index (χ0v) is 22.7. The molecule has 0 aromatic heterocycles. The van der Waals surface area contributed by atoms with E-state index in [4.69, 9.17) is 9.47 Å². The van der Waals surface area contributed by atoms with Crippen LogP contribution in [-0.2, 0) is 32.2 Å². The van der Waals surface area contributed by atoms with Crippen molar-refractivity contribution in [1.82, 2.24) is 15.1 Å². The average Bonchev–Trinajstić information content (AvgIpc) is 3.45. The summed E-state index contributed by atoms with van der Waals surface area (Å²) in [6, 6.07) is 3.70. The second-order valence-corrected chi connectivity index (χ2v) is 12.2. The highest BCUT2D eigenvalue weighted by Crippen LogP contribution is 2.31. The number of hydrogen-bond acceptors (Lipinski definition) is 6. The first-order valence-corrected chi connectivity index (χ1v) is 12.9. The van der Waals surface area contributed by atoms with Gasteiger partial charge in [-0.1, -0.05) is 65.0 Å². The van der Waals surface area contributed by atoms with Crippen molar-refractivity contribution in [2.24, 2.45) is 10.8 Å². The molecule has 3 aliphatic heterocycles. The number of hydrogen-bond donors (Lipinski definition) is 2. The summed E-state index contributed by atoms with van der Waals surface area (Å²) in [5, 5.41) is 12.5. The number of nitrogens with one attached hydrogen (secondary N) is 1. The molecule has 38 heavy (non-hydrogen) atoms. The summed E-state index contributed by atoms with van der Waals surface area (Å²) in [6.07, 6.45) is 2.57. The van der Waals surface area contributed by atoms with Gasteiger partial charge in [-0.15, -0.1) is 0 Å². The van der Waals surface area contributed by atoms with E-state index in [9.17, 15) is 24.3 Å². The number of amides is 3. The first-order chi connectivity index (χ1) is 17.7. The van der Waals surface area contributed by atoms with Gasteiger partial charge >= 0.3 is 18.2 Å². The van der Waals surface area contributed by atoms with E-state index in [1.807, 2.05) is 44.2 Å². The van der Waals surface area contributed by atoms with Crippen LogP contribution >= 0.6 is 0 Å². The molecule has 3 heterocycles. The third-order valence-corrected chi connectivity index (χ3v) is 7.31. The molecule has 3 aliphatic rings. The van der Waals surface area contributed by atoms with Gasteiger partial charge in [-0.3, -0.25) is 9.69 Å². The molecule has 206 valence electrons. The van der Waals surface area contributed by atoms with Crippen molar-refractivity contribution < 1.29 is 33.8 Å². The Morgan fingerprint density at radius 1 is 1.16 bits per heavy atom. The summed E-state index contributed by atoms with van der Waals surface area (Å²) in [5.74, 6) is -1.75. The Kier molecular flexibility index (Phi) is 7.45. The molecular formula is C28H37N3O7. The van der Waals surface area contributed by atoms with Gasteiger partial charge in [-0.25, -0.2) is 14.4 Å². The Morgan fingerprint density at radius 2 is 1.89 bits per heavy atom. The maximum atomic E-state index is 13.6. The first-order valence-electron chi connectivity index (χ1n) is 12.9. The Bertz CT molecular complexity index is 1150. The molecule has 1 fully saturated rings. The van der Waals surface area contributed by atoms with E-state index in [0.717, 1.165) is 16.7 Å². The fourth-order valence-electron chi connectivity index (χ4n) is 5.11. The normalized spacial score (nSPS) is 26.1. The molecule has 3 atom stereocenters. The highest BCUT2D eigenvalue weighted by Gasteiger charge is 2.46. The zero-order valence-electron chi connectivity index (χ0n) is 22.7. The number of allylic oxidation sites excluding steroid dienone is 1. The van der Waals surface area contributed by atoms with Gasteiger partial charge in [-0.2, -0.15) is 0 Å². The third kappa shape index (κ3) is 5.95. The van der Waals surface area contributed by atoms with E-state index in [1.165, 1.54) is 4.90 Å². The van der Waals surface area contributed by atoms with E-state index in [1.54, 1.807) is 25.7 Å². The standard InChI is InChI=1S/C28H37N3O7/c1-27(2,3)22-23(32)31-14-19(12-21(31)24(33)34)38-26(36)30-13-18-9-6-8-17(20(18)15-30)10-7-11-28(4,5)16-37-25(35)29-22/h6-10,19,21-22H,11-16H2,1-5H3,(H,29,35)(H,33,34)/t19-,21+,22-/m1/s1. The second-order valence-electron chi connectivity index (χ2n) is 12.2. The number of carbonyl (C=O) groups excluding carboxylic acids is 3. The molecular weight excluding hydrogens is 490 g/mol. The number of benzene rings is 1. The number of ether oxygens (including phenoxy) is 2. The van der Waals surface area contributed by atoms with Crippen LogP contribution in [0.15, 0.2) is 24.3 Å². The lowest BCUT2D eigenvalue weighted by atomic mass is 9.85. The molecule has 2 N–H and O–H groups in total. The van der Waals surface area contributed by atoms with Gasteiger partial charge in [0.05, 0.1) is 19.7 Å². The number of aliphatic carboxylic acids is 1. The summed E-state index contributed by atoms with van der Waals surface area (Å²) in [7, 11) is 0. The van der Waals surface area contributed by atoms with Gasteiger partial charge in [0.15, 0.2) is 0 Å². The molecule has 1 saturated heterocycles. The van der Waals surface area contributed by atoms with Crippen LogP contribution in [0.4, 0.5) is 9.59 Å². The number of alkyl carbamates (subject to hydrolysis) is 1. The minimum absolute atomic E-state index is 0.0307. The van der Waals surface area contributed by atoms with Gasteiger partial charge in [0, 0.05) is 18.4 Å². The highest BCUT2D eigenvalue weighted by atomic mass is 16.6. The van der Waals surface area contributed by atoms with E-state index in [0.29, 0.717) is 19.5 Å². The van der Waals surface area contributed by atoms with Crippen molar-refractivity contribution in [3.05, 3.63) is 41.0 Å². The first kappa shape index (κ1) is 27.5. The van der Waals surface area contributed by atoms with Crippen LogP contribution in [0.5, 0.6) is 0 Å². The summed E-state index contributed by atoms with van der Waals surface area (Å²) < 4.78 is 11.2. The Balaban J connectivity index is 1.66. The van der Waals surface area contributed by atoms with Gasteiger partial charge in [-0.05, 0) is 28.5 Å². The topological polar surface area (TPSA) is 125 Å². The fourth-order valence-corrected chi connectivity index (χ4v) is 5.11. The van der Waals surface area contributed by atoms with Gasteiger partial charge < -0.3 is 24.8 Å². The predicted molar refractivity (Wildman–Crippen MR) is 139 cm³/mol. The van der Waals surface area contributed by atoms with Crippen LogP contribution in [0.1, 0.15) is 64.2 Å². The lowest BCUT2D eigenvalue weighted by Crippen LogP contribution is -2.57. The maximum Gasteiger partial charge on any atom is 0.410 e. The summed E-state index contributed by atoms with van der Waals surface area (Å²) in [6.45, 7) is 10.1. The molecule has 0 radical (unpaired) electrons. The maximum absolute atomic E-state index is 13.6. The Labute approximate surface area is 222 Å². The van der Waals surface area contributed by atoms with Gasteiger partial charge in [0.2, 0.25) is 5.91 Å². The molecule has 0 saturated carbocycles. The zero-order chi connectivity index (χ0) is 27.8. The molecule has 4 rings (SSSR count). The van der Waals surface area contributed by atoms with Gasteiger partial charge in [0.25, 0.3) is 0 Å². The van der Waals surface area contributed by atoms with Crippen LogP contribution in [0, 0.1) is 10.8 Å². The molecule has 0 spiro atoms. The van der Waals surface area contributed by atoms with Crippen LogP contribution in [0.25, 0.3) is 6.08 Å². The molecule has 1 aromatic carbocycles. The Morgan fingerprint density at radius 3 is 2.58 bits per heavy atom.